The molecule has 0 fully saturated rings. The zero-order valence-corrected chi connectivity index (χ0v) is 13.5. The number of alkyl halides is 3. The van der Waals surface area contributed by atoms with E-state index in [2.05, 4.69) is 26.3 Å². The summed E-state index contributed by atoms with van der Waals surface area (Å²) in [5.74, 6) is 2.51. The van der Waals surface area contributed by atoms with Gasteiger partial charge in [0, 0.05) is 19.2 Å². The summed E-state index contributed by atoms with van der Waals surface area (Å²) < 4.78 is 40.7. The Kier molecular flexibility index (Phi) is 8.61. The lowest BCUT2D eigenvalue weighted by molar-refractivity contribution is -0.274. The predicted molar refractivity (Wildman–Crippen MR) is 85.6 cm³/mol. The fraction of sp³-hybridized carbons (Fsp3) is 0.308. The van der Waals surface area contributed by atoms with Gasteiger partial charge in [-0.3, -0.25) is 4.99 Å². The first-order valence-corrected chi connectivity index (χ1v) is 5.68. The van der Waals surface area contributed by atoms with Crippen molar-refractivity contribution in [3.63, 3.8) is 0 Å². The molecule has 0 aliphatic rings. The molecule has 0 bridgehead atoms. The summed E-state index contributed by atoms with van der Waals surface area (Å²) in [5.41, 5.74) is 0.355. The Morgan fingerprint density at radius 2 is 2.00 bits per heavy atom. The van der Waals surface area contributed by atoms with E-state index < -0.39 is 6.36 Å². The summed E-state index contributed by atoms with van der Waals surface area (Å²) in [6, 6.07) is 5.87. The molecule has 0 atom stereocenters. The van der Waals surface area contributed by atoms with Crippen molar-refractivity contribution in [2.45, 2.75) is 12.9 Å². The SMILES string of the molecule is C#CCNC(=NC)NCc1ccccc1OC(F)(F)F.I. The van der Waals surface area contributed by atoms with E-state index in [1.807, 2.05) is 0 Å². The first-order chi connectivity index (χ1) is 9.46. The molecule has 0 aliphatic heterocycles. The summed E-state index contributed by atoms with van der Waals surface area (Å²) >= 11 is 0. The van der Waals surface area contributed by atoms with Crippen LogP contribution in [0.15, 0.2) is 29.3 Å². The van der Waals surface area contributed by atoms with Crippen LogP contribution in [0.25, 0.3) is 0 Å². The van der Waals surface area contributed by atoms with E-state index in [-0.39, 0.29) is 42.8 Å². The molecule has 116 valence electrons. The van der Waals surface area contributed by atoms with E-state index in [0.29, 0.717) is 11.5 Å². The van der Waals surface area contributed by atoms with Crippen molar-refractivity contribution >= 4 is 29.9 Å². The second kappa shape index (κ2) is 9.33. The number of nitrogens with one attached hydrogen (secondary N) is 2. The minimum atomic E-state index is -4.72. The third kappa shape index (κ3) is 7.65. The lowest BCUT2D eigenvalue weighted by atomic mass is 10.2. The number of nitrogens with zero attached hydrogens (tertiary/aromatic N) is 1. The van der Waals surface area contributed by atoms with Gasteiger partial charge in [0.1, 0.15) is 5.75 Å². The lowest BCUT2D eigenvalue weighted by Crippen LogP contribution is -2.37. The largest absolute Gasteiger partial charge is 0.573 e. The fourth-order valence-corrected chi connectivity index (χ4v) is 1.41. The maximum Gasteiger partial charge on any atom is 0.573 e. The average Bonchev–Trinajstić information content (AvgIpc) is 2.39. The highest BCUT2D eigenvalue weighted by Crippen LogP contribution is 2.25. The van der Waals surface area contributed by atoms with Crippen LogP contribution >= 0.6 is 24.0 Å². The van der Waals surface area contributed by atoms with E-state index >= 15 is 0 Å². The molecule has 0 spiro atoms. The molecule has 0 heterocycles. The minimum absolute atomic E-state index is 0. The third-order valence-electron chi connectivity index (χ3n) is 2.23. The van der Waals surface area contributed by atoms with Crippen LogP contribution in [0.4, 0.5) is 13.2 Å². The number of guanidine groups is 1. The van der Waals surface area contributed by atoms with E-state index in [0.717, 1.165) is 0 Å². The Hall–Kier alpha value is -1.63. The van der Waals surface area contributed by atoms with Gasteiger partial charge in [-0.2, -0.15) is 0 Å². The molecule has 8 heteroatoms. The summed E-state index contributed by atoms with van der Waals surface area (Å²) in [4.78, 5) is 3.88. The number of terminal acetylenes is 1. The van der Waals surface area contributed by atoms with Gasteiger partial charge in [0.05, 0.1) is 6.54 Å². The number of hydrogen-bond donors (Lipinski definition) is 2. The molecule has 2 N–H and O–H groups in total. The number of hydrogen-bond acceptors (Lipinski definition) is 2. The standard InChI is InChI=1S/C13H14F3N3O.HI/c1-3-8-18-12(17-2)19-9-10-6-4-5-7-11(10)20-13(14,15)16;/h1,4-7H,8-9H2,2H3,(H2,17,18,19);1H. The monoisotopic (exact) mass is 413 g/mol. The van der Waals surface area contributed by atoms with Crippen molar-refractivity contribution in [1.29, 1.82) is 0 Å². The smallest absolute Gasteiger partial charge is 0.405 e. The topological polar surface area (TPSA) is 45.7 Å². The van der Waals surface area contributed by atoms with Crippen LogP contribution in [0.2, 0.25) is 0 Å². The second-order valence-corrected chi connectivity index (χ2v) is 3.64. The van der Waals surface area contributed by atoms with Gasteiger partial charge >= 0.3 is 6.36 Å². The van der Waals surface area contributed by atoms with E-state index in [9.17, 15) is 13.2 Å². The molecule has 4 nitrogen and oxygen atoms in total. The molecule has 0 saturated heterocycles. The summed E-state index contributed by atoms with van der Waals surface area (Å²) in [6.45, 7) is 0.386. The van der Waals surface area contributed by atoms with Crippen LogP contribution < -0.4 is 15.4 Å². The highest BCUT2D eigenvalue weighted by molar-refractivity contribution is 14.0. The van der Waals surface area contributed by atoms with Gasteiger partial charge < -0.3 is 15.4 Å². The molecule has 0 aliphatic carbocycles. The molecule has 0 amide bonds. The van der Waals surface area contributed by atoms with Gasteiger partial charge in [0.2, 0.25) is 0 Å². The molecule has 21 heavy (non-hydrogen) atoms. The molecule has 0 unspecified atom stereocenters. The molecule has 0 radical (unpaired) electrons. The molecule has 0 aromatic heterocycles. The minimum Gasteiger partial charge on any atom is -0.405 e. The molecule has 1 aromatic carbocycles. The second-order valence-electron chi connectivity index (χ2n) is 3.64. The quantitative estimate of drug-likeness (QED) is 0.345. The molecular formula is C13H15F3IN3O. The summed E-state index contributed by atoms with van der Waals surface area (Å²) in [6.07, 6.45) is 0.369. The number of rotatable bonds is 4. The van der Waals surface area contributed by atoms with Crippen LogP contribution in [0, 0.1) is 12.3 Å². The number of para-hydroxylation sites is 1. The highest BCUT2D eigenvalue weighted by atomic mass is 127. The maximum atomic E-state index is 12.3. The van der Waals surface area contributed by atoms with Crippen LogP contribution in [0.3, 0.4) is 0 Å². The van der Waals surface area contributed by atoms with E-state index in [1.165, 1.54) is 25.2 Å². The molecular weight excluding hydrogens is 398 g/mol. The first-order valence-electron chi connectivity index (χ1n) is 5.68. The maximum absolute atomic E-state index is 12.3. The van der Waals surface area contributed by atoms with Crippen molar-refractivity contribution in [3.05, 3.63) is 29.8 Å². The first kappa shape index (κ1) is 19.4. The average molecular weight is 413 g/mol. The van der Waals surface area contributed by atoms with Gasteiger partial charge in [-0.25, -0.2) is 0 Å². The van der Waals surface area contributed by atoms with Gasteiger partial charge in [-0.05, 0) is 6.07 Å². The molecule has 1 rings (SSSR count). The van der Waals surface area contributed by atoms with Gasteiger partial charge in [-0.15, -0.1) is 43.6 Å². The van der Waals surface area contributed by atoms with Crippen LogP contribution in [-0.2, 0) is 6.54 Å². The van der Waals surface area contributed by atoms with Gasteiger partial charge in [-0.1, -0.05) is 24.1 Å². The zero-order chi connectivity index (χ0) is 15.0. The normalized spacial score (nSPS) is 11.1. The Bertz CT molecular complexity index is 512. The zero-order valence-electron chi connectivity index (χ0n) is 11.2. The highest BCUT2D eigenvalue weighted by Gasteiger charge is 2.31. The Balaban J connectivity index is 0.00000400. The van der Waals surface area contributed by atoms with Crippen LogP contribution in [0.1, 0.15) is 5.56 Å². The van der Waals surface area contributed by atoms with E-state index in [1.54, 1.807) is 6.07 Å². The number of aliphatic imine (C=N–C) groups is 1. The van der Waals surface area contributed by atoms with E-state index in [4.69, 9.17) is 6.42 Å². The Morgan fingerprint density at radius 3 is 2.57 bits per heavy atom. The van der Waals surface area contributed by atoms with Gasteiger partial charge in [0.15, 0.2) is 5.96 Å². The number of halogens is 4. The third-order valence-corrected chi connectivity index (χ3v) is 2.23. The van der Waals surface area contributed by atoms with Crippen molar-refractivity contribution < 1.29 is 17.9 Å². The summed E-state index contributed by atoms with van der Waals surface area (Å²) in [7, 11) is 1.53. The van der Waals surface area contributed by atoms with Crippen molar-refractivity contribution in [1.82, 2.24) is 10.6 Å². The Labute approximate surface area is 138 Å². The fourth-order valence-electron chi connectivity index (χ4n) is 1.41. The van der Waals surface area contributed by atoms with Crippen LogP contribution in [-0.4, -0.2) is 25.9 Å². The van der Waals surface area contributed by atoms with Gasteiger partial charge in [0.25, 0.3) is 0 Å². The summed E-state index contributed by atoms with van der Waals surface area (Å²) in [5, 5.41) is 5.64. The molecule has 0 saturated carbocycles. The van der Waals surface area contributed by atoms with Crippen LogP contribution in [0.5, 0.6) is 5.75 Å². The molecule has 1 aromatic rings. The Morgan fingerprint density at radius 1 is 1.33 bits per heavy atom. The number of benzene rings is 1. The van der Waals surface area contributed by atoms with Crippen molar-refractivity contribution in [2.24, 2.45) is 4.99 Å². The predicted octanol–water partition coefficient (Wildman–Crippen LogP) is 2.50. The van der Waals surface area contributed by atoms with Crippen molar-refractivity contribution in [3.8, 4) is 18.1 Å². The lowest BCUT2D eigenvalue weighted by Gasteiger charge is -2.15. The van der Waals surface area contributed by atoms with Crippen molar-refractivity contribution in [2.75, 3.05) is 13.6 Å². The number of ether oxygens (including phenoxy) is 1.